The number of anilines is 1. The number of likely N-dealkylation sites (tertiary alicyclic amines) is 1. The molecule has 2 aromatic heterocycles. The lowest BCUT2D eigenvalue weighted by atomic mass is 10.1. The number of amides is 1. The number of fused-ring (bicyclic) bond motifs is 1. The van der Waals surface area contributed by atoms with Crippen molar-refractivity contribution in [3.05, 3.63) is 23.1 Å². The minimum Gasteiger partial charge on any atom is -0.465 e. The van der Waals surface area contributed by atoms with E-state index < -0.39 is 11.6 Å². The summed E-state index contributed by atoms with van der Waals surface area (Å²) < 4.78 is 10.3. The van der Waals surface area contributed by atoms with Crippen molar-refractivity contribution in [3.8, 4) is 0 Å². The minimum absolute atomic E-state index is 0.0690. The molecule has 2 aromatic rings. The third-order valence-corrected chi connectivity index (χ3v) is 4.82. The Balaban J connectivity index is 1.87. The molecule has 0 bridgehead atoms. The van der Waals surface area contributed by atoms with Crippen LogP contribution in [0, 0.1) is 0 Å². The zero-order valence-corrected chi connectivity index (χ0v) is 18.3. The number of pyridine rings is 1. The molecule has 3 rings (SSSR count). The number of halogens is 1. The first-order valence-electron chi connectivity index (χ1n) is 9.82. The smallest absolute Gasteiger partial charge is 0.410 e. The lowest BCUT2D eigenvalue weighted by Crippen LogP contribution is -2.42. The standard InChI is InChI=1S/C20H26ClN5O4/c1-20(2,3)30-19(28)26-8-6-5-7-12(10-26)24-17-16-15(22-11-23-17)13(18(27)29-4)9-14(21)25-16/h9,11-12H,5-8,10H2,1-4H3,(H,22,23,24). The average Bonchev–Trinajstić information content (AvgIpc) is 2.91. The van der Waals surface area contributed by atoms with E-state index in [1.54, 1.807) is 4.90 Å². The highest BCUT2D eigenvalue weighted by molar-refractivity contribution is 6.30. The van der Waals surface area contributed by atoms with Crippen LogP contribution in [0.25, 0.3) is 11.0 Å². The van der Waals surface area contributed by atoms with Crippen molar-refractivity contribution in [2.24, 2.45) is 0 Å². The van der Waals surface area contributed by atoms with Crippen molar-refractivity contribution in [2.45, 2.75) is 51.7 Å². The summed E-state index contributed by atoms with van der Waals surface area (Å²) in [5.74, 6) is -0.108. The molecular formula is C20H26ClN5O4. The first-order chi connectivity index (χ1) is 14.2. The summed E-state index contributed by atoms with van der Waals surface area (Å²) in [4.78, 5) is 39.2. The van der Waals surface area contributed by atoms with Crippen LogP contribution in [0.4, 0.5) is 10.6 Å². The van der Waals surface area contributed by atoms with Crippen molar-refractivity contribution in [1.29, 1.82) is 0 Å². The predicted octanol–water partition coefficient (Wildman–Crippen LogP) is 3.67. The molecule has 9 nitrogen and oxygen atoms in total. The Morgan fingerprint density at radius 3 is 2.70 bits per heavy atom. The monoisotopic (exact) mass is 435 g/mol. The van der Waals surface area contributed by atoms with Crippen LogP contribution >= 0.6 is 11.6 Å². The summed E-state index contributed by atoms with van der Waals surface area (Å²) in [6, 6.07) is 1.35. The lowest BCUT2D eigenvalue weighted by Gasteiger charge is -2.28. The van der Waals surface area contributed by atoms with E-state index in [0.717, 1.165) is 19.3 Å². The predicted molar refractivity (Wildman–Crippen MR) is 113 cm³/mol. The first-order valence-corrected chi connectivity index (χ1v) is 10.2. The van der Waals surface area contributed by atoms with Crippen molar-refractivity contribution >= 4 is 40.5 Å². The van der Waals surface area contributed by atoms with Crippen LogP contribution in [-0.2, 0) is 9.47 Å². The second-order valence-electron chi connectivity index (χ2n) is 8.17. The Hall–Kier alpha value is -2.68. The number of hydrogen-bond donors (Lipinski definition) is 1. The van der Waals surface area contributed by atoms with Gasteiger partial charge in [0, 0.05) is 19.1 Å². The van der Waals surface area contributed by atoms with Crippen LogP contribution in [0.3, 0.4) is 0 Å². The Morgan fingerprint density at radius 1 is 1.23 bits per heavy atom. The number of carbonyl (C=O) groups is 2. The molecule has 0 radical (unpaired) electrons. The molecule has 1 aliphatic heterocycles. The van der Waals surface area contributed by atoms with Gasteiger partial charge in [0.2, 0.25) is 0 Å². The van der Waals surface area contributed by atoms with Gasteiger partial charge in [0.05, 0.1) is 12.7 Å². The highest BCUT2D eigenvalue weighted by Crippen LogP contribution is 2.26. The van der Waals surface area contributed by atoms with E-state index >= 15 is 0 Å². The molecule has 1 aliphatic rings. The normalized spacial score (nSPS) is 17.4. The van der Waals surface area contributed by atoms with E-state index in [1.165, 1.54) is 19.5 Å². The molecule has 0 spiro atoms. The maximum Gasteiger partial charge on any atom is 0.410 e. The zero-order chi connectivity index (χ0) is 21.9. The van der Waals surface area contributed by atoms with Gasteiger partial charge in [-0.25, -0.2) is 24.5 Å². The number of nitrogens with zero attached hydrogens (tertiary/aromatic N) is 4. The molecule has 0 saturated carbocycles. The second-order valence-corrected chi connectivity index (χ2v) is 8.55. The minimum atomic E-state index is -0.556. The highest BCUT2D eigenvalue weighted by Gasteiger charge is 2.27. The van der Waals surface area contributed by atoms with Crippen molar-refractivity contribution in [2.75, 3.05) is 25.5 Å². The van der Waals surface area contributed by atoms with Gasteiger partial charge in [0.15, 0.2) is 5.82 Å². The summed E-state index contributed by atoms with van der Waals surface area (Å²) in [7, 11) is 1.29. The van der Waals surface area contributed by atoms with Crippen LogP contribution in [0.5, 0.6) is 0 Å². The molecule has 0 aromatic carbocycles. The van der Waals surface area contributed by atoms with Gasteiger partial charge in [-0.05, 0) is 46.1 Å². The van der Waals surface area contributed by atoms with Crippen LogP contribution in [0.1, 0.15) is 50.4 Å². The number of hydrogen-bond acceptors (Lipinski definition) is 8. The quantitative estimate of drug-likeness (QED) is 0.574. The molecule has 1 unspecified atom stereocenters. The molecule has 1 saturated heterocycles. The van der Waals surface area contributed by atoms with E-state index in [0.29, 0.717) is 29.9 Å². The molecule has 10 heteroatoms. The molecule has 1 atom stereocenters. The average molecular weight is 436 g/mol. The van der Waals surface area contributed by atoms with Crippen LogP contribution in [-0.4, -0.2) is 63.8 Å². The Morgan fingerprint density at radius 2 is 2.00 bits per heavy atom. The number of aromatic nitrogens is 3. The largest absolute Gasteiger partial charge is 0.465 e. The topological polar surface area (TPSA) is 107 Å². The molecule has 162 valence electrons. The number of ether oxygens (including phenoxy) is 2. The lowest BCUT2D eigenvalue weighted by molar-refractivity contribution is 0.0252. The summed E-state index contributed by atoms with van der Waals surface area (Å²) in [6.45, 7) is 6.64. The number of esters is 1. The van der Waals surface area contributed by atoms with Gasteiger partial charge in [-0.15, -0.1) is 0 Å². The summed E-state index contributed by atoms with van der Waals surface area (Å²) >= 11 is 6.12. The summed E-state index contributed by atoms with van der Waals surface area (Å²) in [6.07, 6.45) is 3.70. The van der Waals surface area contributed by atoms with Gasteiger partial charge in [-0.1, -0.05) is 11.6 Å². The van der Waals surface area contributed by atoms with E-state index in [-0.39, 0.29) is 22.9 Å². The maximum absolute atomic E-state index is 12.5. The molecule has 1 amide bonds. The third-order valence-electron chi connectivity index (χ3n) is 4.63. The van der Waals surface area contributed by atoms with Crippen LogP contribution in [0.15, 0.2) is 12.4 Å². The zero-order valence-electron chi connectivity index (χ0n) is 17.6. The van der Waals surface area contributed by atoms with Gasteiger partial charge < -0.3 is 19.7 Å². The van der Waals surface area contributed by atoms with Gasteiger partial charge >= 0.3 is 12.1 Å². The SMILES string of the molecule is COC(=O)c1cc(Cl)nc2c(NC3CCCCN(C(=O)OC(C)(C)C)C3)ncnc12. The maximum atomic E-state index is 12.5. The molecule has 0 aliphatic carbocycles. The van der Waals surface area contributed by atoms with E-state index in [2.05, 4.69) is 20.3 Å². The van der Waals surface area contributed by atoms with Gasteiger partial charge in [-0.2, -0.15) is 0 Å². The number of nitrogens with one attached hydrogen (secondary N) is 1. The fourth-order valence-electron chi connectivity index (χ4n) is 3.32. The van der Waals surface area contributed by atoms with Gasteiger partial charge in [-0.3, -0.25) is 0 Å². The van der Waals surface area contributed by atoms with Crippen LogP contribution < -0.4 is 5.32 Å². The second kappa shape index (κ2) is 8.99. The fraction of sp³-hybridized carbons (Fsp3) is 0.550. The summed E-state index contributed by atoms with van der Waals surface area (Å²) in [5, 5.41) is 3.49. The molecular weight excluding hydrogens is 410 g/mol. The van der Waals surface area contributed by atoms with E-state index in [1.807, 2.05) is 20.8 Å². The number of methoxy groups -OCH3 is 1. The Kier molecular flexibility index (Phi) is 6.60. The van der Waals surface area contributed by atoms with Gasteiger partial charge in [0.25, 0.3) is 0 Å². The fourth-order valence-corrected chi connectivity index (χ4v) is 3.52. The van der Waals surface area contributed by atoms with Crippen molar-refractivity contribution in [3.63, 3.8) is 0 Å². The number of rotatable bonds is 3. The highest BCUT2D eigenvalue weighted by atomic mass is 35.5. The molecule has 1 N–H and O–H groups in total. The Bertz CT molecular complexity index is 947. The van der Waals surface area contributed by atoms with Crippen LogP contribution in [0.2, 0.25) is 5.15 Å². The number of carbonyl (C=O) groups excluding carboxylic acids is 2. The first kappa shape index (κ1) is 22.0. The molecule has 30 heavy (non-hydrogen) atoms. The molecule has 1 fully saturated rings. The van der Waals surface area contributed by atoms with Crippen molar-refractivity contribution < 1.29 is 19.1 Å². The van der Waals surface area contributed by atoms with E-state index in [9.17, 15) is 9.59 Å². The molecule has 3 heterocycles. The van der Waals surface area contributed by atoms with Crippen molar-refractivity contribution in [1.82, 2.24) is 19.9 Å². The summed E-state index contributed by atoms with van der Waals surface area (Å²) in [5.41, 5.74) is 0.383. The Labute approximate surface area is 180 Å². The van der Waals surface area contributed by atoms with E-state index in [4.69, 9.17) is 21.1 Å². The van der Waals surface area contributed by atoms with Gasteiger partial charge in [0.1, 0.15) is 28.1 Å². The third kappa shape index (κ3) is 5.27.